The number of rotatable bonds is 5. The summed E-state index contributed by atoms with van der Waals surface area (Å²) in [5.41, 5.74) is 1.22. The molecule has 6 heteroatoms. The zero-order chi connectivity index (χ0) is 15.4. The highest BCUT2D eigenvalue weighted by molar-refractivity contribution is 6.32. The van der Waals surface area contributed by atoms with Gasteiger partial charge in [0.1, 0.15) is 12.4 Å². The van der Waals surface area contributed by atoms with Gasteiger partial charge in [-0.05, 0) is 35.4 Å². The number of aliphatic hydroxyl groups is 1. The van der Waals surface area contributed by atoms with Crippen LogP contribution in [0, 0.1) is 5.82 Å². The van der Waals surface area contributed by atoms with Gasteiger partial charge in [0, 0.05) is 0 Å². The van der Waals surface area contributed by atoms with Crippen molar-refractivity contribution < 1.29 is 19.0 Å². The lowest BCUT2D eigenvalue weighted by atomic mass is 10.2. The Kier molecular flexibility index (Phi) is 5.28. The Morgan fingerprint density at radius 1 is 1.10 bits per heavy atom. The quantitative estimate of drug-likeness (QED) is 0.892. The molecule has 1 N–H and O–H groups in total. The van der Waals surface area contributed by atoms with E-state index in [2.05, 4.69) is 0 Å². The van der Waals surface area contributed by atoms with Gasteiger partial charge in [-0.25, -0.2) is 4.39 Å². The van der Waals surface area contributed by atoms with E-state index in [0.29, 0.717) is 27.6 Å². The predicted molar refractivity (Wildman–Crippen MR) is 79.7 cm³/mol. The maximum Gasteiger partial charge on any atom is 0.180 e. The zero-order valence-corrected chi connectivity index (χ0v) is 12.7. The van der Waals surface area contributed by atoms with Crippen LogP contribution in [0.5, 0.6) is 11.5 Å². The van der Waals surface area contributed by atoms with Gasteiger partial charge in [-0.2, -0.15) is 0 Å². The third kappa shape index (κ3) is 3.79. The molecule has 0 heterocycles. The van der Waals surface area contributed by atoms with Crippen molar-refractivity contribution in [3.05, 3.63) is 57.3 Å². The summed E-state index contributed by atoms with van der Waals surface area (Å²) < 4.78 is 24.1. The van der Waals surface area contributed by atoms with E-state index in [-0.39, 0.29) is 18.2 Å². The van der Waals surface area contributed by atoms with Crippen LogP contribution in [0.3, 0.4) is 0 Å². The van der Waals surface area contributed by atoms with Gasteiger partial charge < -0.3 is 14.6 Å². The first-order valence-corrected chi connectivity index (χ1v) is 6.84. The van der Waals surface area contributed by atoms with Crippen LogP contribution in [-0.2, 0) is 13.2 Å². The molecule has 0 aromatic heterocycles. The van der Waals surface area contributed by atoms with Crippen molar-refractivity contribution in [3.63, 3.8) is 0 Å². The fourth-order valence-electron chi connectivity index (χ4n) is 1.79. The molecule has 0 saturated heterocycles. The molecule has 2 rings (SSSR count). The summed E-state index contributed by atoms with van der Waals surface area (Å²) in [6, 6.07) is 7.63. The molecule has 2 aromatic rings. The molecule has 0 aliphatic heterocycles. The highest BCUT2D eigenvalue weighted by Gasteiger charge is 2.12. The minimum Gasteiger partial charge on any atom is -0.493 e. The molecule has 0 unspecified atom stereocenters. The van der Waals surface area contributed by atoms with Gasteiger partial charge in [0.25, 0.3) is 0 Å². The van der Waals surface area contributed by atoms with Gasteiger partial charge in [0.2, 0.25) is 0 Å². The van der Waals surface area contributed by atoms with Crippen LogP contribution >= 0.6 is 23.2 Å². The van der Waals surface area contributed by atoms with Crippen LogP contribution < -0.4 is 9.47 Å². The summed E-state index contributed by atoms with van der Waals surface area (Å²) in [4.78, 5) is 0. The summed E-state index contributed by atoms with van der Waals surface area (Å²) >= 11 is 11.7. The van der Waals surface area contributed by atoms with E-state index in [1.54, 1.807) is 18.2 Å². The zero-order valence-electron chi connectivity index (χ0n) is 11.2. The highest BCUT2D eigenvalue weighted by atomic mass is 35.5. The summed E-state index contributed by atoms with van der Waals surface area (Å²) in [6.07, 6.45) is 0. The maximum absolute atomic E-state index is 13.4. The second-order valence-corrected chi connectivity index (χ2v) is 5.12. The lowest BCUT2D eigenvalue weighted by molar-refractivity contribution is 0.274. The van der Waals surface area contributed by atoms with Gasteiger partial charge in [-0.15, -0.1) is 0 Å². The minimum atomic E-state index is -0.508. The van der Waals surface area contributed by atoms with Crippen LogP contribution in [0.2, 0.25) is 10.0 Å². The first kappa shape index (κ1) is 15.9. The van der Waals surface area contributed by atoms with Gasteiger partial charge in [-0.1, -0.05) is 29.3 Å². The third-order valence-corrected chi connectivity index (χ3v) is 3.43. The Labute approximate surface area is 131 Å². The molecule has 0 fully saturated rings. The van der Waals surface area contributed by atoms with Gasteiger partial charge in [0.15, 0.2) is 11.5 Å². The molecule has 0 bridgehead atoms. The first-order valence-electron chi connectivity index (χ1n) is 6.09. The number of hydrogen-bond donors (Lipinski definition) is 1. The van der Waals surface area contributed by atoms with Crippen molar-refractivity contribution in [3.8, 4) is 11.5 Å². The molecular formula is C15H13Cl2FO3. The highest BCUT2D eigenvalue weighted by Crippen LogP contribution is 2.37. The molecule has 0 radical (unpaired) electrons. The van der Waals surface area contributed by atoms with E-state index in [9.17, 15) is 4.39 Å². The Morgan fingerprint density at radius 3 is 2.48 bits per heavy atom. The van der Waals surface area contributed by atoms with Crippen molar-refractivity contribution in [2.75, 3.05) is 7.11 Å². The Hall–Kier alpha value is -1.49. The summed E-state index contributed by atoms with van der Waals surface area (Å²) in [5, 5.41) is 9.50. The van der Waals surface area contributed by atoms with Crippen LogP contribution in [0.25, 0.3) is 0 Å². The van der Waals surface area contributed by atoms with Gasteiger partial charge in [-0.3, -0.25) is 0 Å². The van der Waals surface area contributed by atoms with Gasteiger partial charge >= 0.3 is 0 Å². The van der Waals surface area contributed by atoms with Crippen molar-refractivity contribution in [2.45, 2.75) is 13.2 Å². The SMILES string of the molecule is COc1cc(CO)cc(Cl)c1OCc1ccc(Cl)c(F)c1. The Balaban J connectivity index is 2.21. The van der Waals surface area contributed by atoms with Crippen LogP contribution in [0.1, 0.15) is 11.1 Å². The largest absolute Gasteiger partial charge is 0.493 e. The third-order valence-electron chi connectivity index (χ3n) is 2.84. The summed E-state index contributed by atoms with van der Waals surface area (Å²) in [5.74, 6) is 0.235. The fourth-order valence-corrected chi connectivity index (χ4v) is 2.19. The normalized spacial score (nSPS) is 10.5. The molecule has 112 valence electrons. The van der Waals surface area contributed by atoms with E-state index in [1.807, 2.05) is 0 Å². The van der Waals surface area contributed by atoms with Crippen molar-refractivity contribution in [2.24, 2.45) is 0 Å². The molecule has 21 heavy (non-hydrogen) atoms. The monoisotopic (exact) mass is 330 g/mol. The second kappa shape index (κ2) is 6.98. The van der Waals surface area contributed by atoms with E-state index < -0.39 is 5.82 Å². The van der Waals surface area contributed by atoms with Crippen molar-refractivity contribution in [1.29, 1.82) is 0 Å². The van der Waals surface area contributed by atoms with E-state index >= 15 is 0 Å². The van der Waals surface area contributed by atoms with Gasteiger partial charge in [0.05, 0.1) is 23.8 Å². The lowest BCUT2D eigenvalue weighted by Gasteiger charge is -2.14. The van der Waals surface area contributed by atoms with E-state index in [4.69, 9.17) is 37.8 Å². The Morgan fingerprint density at radius 2 is 1.86 bits per heavy atom. The maximum atomic E-state index is 13.4. The minimum absolute atomic E-state index is 0.0571. The standard InChI is InChI=1S/C15H13Cl2FO3/c1-20-14-6-10(7-19)4-12(17)15(14)21-8-9-2-3-11(16)13(18)5-9/h2-6,19H,7-8H2,1H3. The average molecular weight is 331 g/mol. The summed E-state index contributed by atoms with van der Waals surface area (Å²) in [6.45, 7) is -0.0403. The van der Waals surface area contributed by atoms with E-state index in [0.717, 1.165) is 0 Å². The molecule has 0 saturated carbocycles. The number of methoxy groups -OCH3 is 1. The average Bonchev–Trinajstić information content (AvgIpc) is 2.48. The van der Waals surface area contributed by atoms with Crippen LogP contribution in [0.4, 0.5) is 4.39 Å². The molecule has 0 amide bonds. The van der Waals surface area contributed by atoms with Crippen LogP contribution in [-0.4, -0.2) is 12.2 Å². The predicted octanol–water partition coefficient (Wildman–Crippen LogP) is 4.21. The molecule has 3 nitrogen and oxygen atoms in total. The topological polar surface area (TPSA) is 38.7 Å². The fraction of sp³-hybridized carbons (Fsp3) is 0.200. The molecule has 0 aliphatic rings. The molecule has 2 aromatic carbocycles. The Bertz CT molecular complexity index is 647. The van der Waals surface area contributed by atoms with Crippen molar-refractivity contribution in [1.82, 2.24) is 0 Å². The number of ether oxygens (including phenoxy) is 2. The number of benzene rings is 2. The molecule has 0 aliphatic carbocycles. The van der Waals surface area contributed by atoms with Crippen molar-refractivity contribution >= 4 is 23.2 Å². The number of halogens is 3. The van der Waals surface area contributed by atoms with Crippen LogP contribution in [0.15, 0.2) is 30.3 Å². The molecule has 0 atom stereocenters. The summed E-state index contributed by atoms with van der Waals surface area (Å²) in [7, 11) is 1.47. The molecular weight excluding hydrogens is 318 g/mol. The molecule has 0 spiro atoms. The lowest BCUT2D eigenvalue weighted by Crippen LogP contribution is -2.00. The first-order chi connectivity index (χ1) is 10.0. The smallest absolute Gasteiger partial charge is 0.180 e. The number of aliphatic hydroxyl groups excluding tert-OH is 1. The van der Waals surface area contributed by atoms with E-state index in [1.165, 1.54) is 19.2 Å². The number of hydrogen-bond acceptors (Lipinski definition) is 3. The second-order valence-electron chi connectivity index (χ2n) is 4.30.